The van der Waals surface area contributed by atoms with Gasteiger partial charge in [0.1, 0.15) is 5.75 Å². The molecule has 0 aliphatic carbocycles. The summed E-state index contributed by atoms with van der Waals surface area (Å²) in [6.45, 7) is 10.6. The Bertz CT molecular complexity index is 300. The number of hydrogen-bond donors (Lipinski definition) is 0. The molecule has 78 valence electrons. The van der Waals surface area contributed by atoms with Crippen LogP contribution in [0.4, 0.5) is 0 Å². The van der Waals surface area contributed by atoms with Crippen LogP contribution in [0.5, 0.6) is 5.75 Å². The van der Waals surface area contributed by atoms with E-state index in [9.17, 15) is 0 Å². The number of benzene rings is 1. The molecule has 1 rings (SSSR count). The Hall–Kier alpha value is -0.980. The van der Waals surface area contributed by atoms with E-state index in [0.717, 1.165) is 5.75 Å². The molecule has 0 heterocycles. The minimum absolute atomic E-state index is 0.246. The fraction of sp³-hybridized carbons (Fsp3) is 0.538. The molecule has 0 fully saturated rings. The standard InChI is InChI=1S/C13H20O/c1-9(2)12-8-11(5)6-7-13(12)14-10(3)4/h6-10H,1-5H3. The molecule has 0 unspecified atom stereocenters. The average molecular weight is 192 g/mol. The van der Waals surface area contributed by atoms with Gasteiger partial charge in [-0.2, -0.15) is 0 Å². The molecule has 1 aromatic rings. The lowest BCUT2D eigenvalue weighted by atomic mass is 10.00. The van der Waals surface area contributed by atoms with Crippen molar-refractivity contribution in [2.75, 3.05) is 0 Å². The lowest BCUT2D eigenvalue weighted by Crippen LogP contribution is -2.08. The average Bonchev–Trinajstić information content (AvgIpc) is 2.07. The van der Waals surface area contributed by atoms with Crippen LogP contribution in [-0.4, -0.2) is 6.10 Å². The molecule has 0 aromatic heterocycles. The minimum Gasteiger partial charge on any atom is -0.491 e. The predicted molar refractivity (Wildman–Crippen MR) is 61.0 cm³/mol. The van der Waals surface area contributed by atoms with Crippen molar-refractivity contribution in [3.63, 3.8) is 0 Å². The Morgan fingerprint density at radius 1 is 1.07 bits per heavy atom. The highest BCUT2D eigenvalue weighted by atomic mass is 16.5. The number of rotatable bonds is 3. The predicted octanol–water partition coefficient (Wildman–Crippen LogP) is 3.91. The first-order valence-electron chi connectivity index (χ1n) is 5.28. The van der Waals surface area contributed by atoms with Gasteiger partial charge in [0, 0.05) is 0 Å². The summed E-state index contributed by atoms with van der Waals surface area (Å²) in [5.41, 5.74) is 2.60. The summed E-state index contributed by atoms with van der Waals surface area (Å²) >= 11 is 0. The molecule has 1 aromatic carbocycles. The first-order valence-corrected chi connectivity index (χ1v) is 5.28. The molecule has 0 amide bonds. The molecule has 0 bridgehead atoms. The molecule has 0 atom stereocenters. The largest absolute Gasteiger partial charge is 0.491 e. The molecule has 0 aliphatic heterocycles. The maximum Gasteiger partial charge on any atom is 0.123 e. The maximum absolute atomic E-state index is 5.76. The topological polar surface area (TPSA) is 9.23 Å². The summed E-state index contributed by atoms with van der Waals surface area (Å²) in [5.74, 6) is 1.55. The Morgan fingerprint density at radius 2 is 1.71 bits per heavy atom. The van der Waals surface area contributed by atoms with Crippen molar-refractivity contribution in [2.24, 2.45) is 0 Å². The molecule has 0 saturated carbocycles. The van der Waals surface area contributed by atoms with Crippen LogP contribution >= 0.6 is 0 Å². The lowest BCUT2D eigenvalue weighted by molar-refractivity contribution is 0.239. The van der Waals surface area contributed by atoms with Crippen molar-refractivity contribution < 1.29 is 4.74 Å². The zero-order valence-corrected chi connectivity index (χ0v) is 9.79. The van der Waals surface area contributed by atoms with Crippen molar-refractivity contribution in [3.8, 4) is 5.75 Å². The molecule has 1 heteroatoms. The molecule has 0 radical (unpaired) electrons. The summed E-state index contributed by atoms with van der Waals surface area (Å²) in [5, 5.41) is 0. The fourth-order valence-corrected chi connectivity index (χ4v) is 1.48. The highest BCUT2D eigenvalue weighted by Crippen LogP contribution is 2.28. The van der Waals surface area contributed by atoms with Gasteiger partial charge in [-0.05, 0) is 38.3 Å². The normalized spacial score (nSPS) is 11.1. The maximum atomic E-state index is 5.76. The second-order valence-electron chi connectivity index (χ2n) is 4.36. The first-order chi connectivity index (χ1) is 6.50. The molecular weight excluding hydrogens is 172 g/mol. The van der Waals surface area contributed by atoms with E-state index in [4.69, 9.17) is 4.74 Å². The van der Waals surface area contributed by atoms with Crippen LogP contribution in [0.1, 0.15) is 44.7 Å². The molecule has 0 N–H and O–H groups in total. The molecule has 0 spiro atoms. The van der Waals surface area contributed by atoms with Crippen LogP contribution in [-0.2, 0) is 0 Å². The molecule has 14 heavy (non-hydrogen) atoms. The summed E-state index contributed by atoms with van der Waals surface area (Å²) < 4.78 is 5.76. The van der Waals surface area contributed by atoms with Crippen LogP contribution in [0.3, 0.4) is 0 Å². The summed E-state index contributed by atoms with van der Waals surface area (Å²) in [6, 6.07) is 6.39. The van der Waals surface area contributed by atoms with Crippen molar-refractivity contribution >= 4 is 0 Å². The third-order valence-electron chi connectivity index (χ3n) is 2.15. The summed E-state index contributed by atoms with van der Waals surface area (Å²) in [7, 11) is 0. The third-order valence-corrected chi connectivity index (χ3v) is 2.15. The van der Waals surface area contributed by atoms with Crippen molar-refractivity contribution in [1.29, 1.82) is 0 Å². The van der Waals surface area contributed by atoms with E-state index >= 15 is 0 Å². The highest BCUT2D eigenvalue weighted by molar-refractivity contribution is 5.39. The van der Waals surface area contributed by atoms with Gasteiger partial charge < -0.3 is 4.74 Å². The van der Waals surface area contributed by atoms with Gasteiger partial charge in [-0.15, -0.1) is 0 Å². The van der Waals surface area contributed by atoms with Gasteiger partial charge in [0.05, 0.1) is 6.10 Å². The Kier molecular flexibility index (Phi) is 3.56. The number of ether oxygens (including phenoxy) is 1. The fourth-order valence-electron chi connectivity index (χ4n) is 1.48. The van der Waals surface area contributed by atoms with Gasteiger partial charge in [0.15, 0.2) is 0 Å². The minimum atomic E-state index is 0.246. The van der Waals surface area contributed by atoms with E-state index in [-0.39, 0.29) is 6.10 Å². The molecule has 0 aliphatic rings. The summed E-state index contributed by atoms with van der Waals surface area (Å²) in [6.07, 6.45) is 0.246. The van der Waals surface area contributed by atoms with Gasteiger partial charge in [-0.25, -0.2) is 0 Å². The van der Waals surface area contributed by atoms with E-state index in [1.807, 2.05) is 0 Å². The van der Waals surface area contributed by atoms with E-state index in [2.05, 4.69) is 52.8 Å². The van der Waals surface area contributed by atoms with Gasteiger partial charge in [-0.1, -0.05) is 31.5 Å². The van der Waals surface area contributed by atoms with E-state index in [1.54, 1.807) is 0 Å². The monoisotopic (exact) mass is 192 g/mol. The van der Waals surface area contributed by atoms with Crippen LogP contribution in [0, 0.1) is 6.92 Å². The quantitative estimate of drug-likeness (QED) is 0.705. The van der Waals surface area contributed by atoms with E-state index < -0.39 is 0 Å². The Morgan fingerprint density at radius 3 is 2.21 bits per heavy atom. The van der Waals surface area contributed by atoms with Gasteiger partial charge in [0.25, 0.3) is 0 Å². The van der Waals surface area contributed by atoms with E-state index in [1.165, 1.54) is 11.1 Å². The second kappa shape index (κ2) is 4.50. The van der Waals surface area contributed by atoms with Crippen LogP contribution in [0.25, 0.3) is 0 Å². The third kappa shape index (κ3) is 2.76. The Labute approximate surface area is 87.1 Å². The molecule has 0 saturated heterocycles. The van der Waals surface area contributed by atoms with Crippen LogP contribution in [0.15, 0.2) is 18.2 Å². The number of aryl methyl sites for hydroxylation is 1. The SMILES string of the molecule is Cc1ccc(OC(C)C)c(C(C)C)c1. The van der Waals surface area contributed by atoms with Gasteiger partial charge in [-0.3, -0.25) is 0 Å². The van der Waals surface area contributed by atoms with Crippen LogP contribution < -0.4 is 4.74 Å². The zero-order chi connectivity index (χ0) is 10.7. The van der Waals surface area contributed by atoms with Gasteiger partial charge in [0.2, 0.25) is 0 Å². The smallest absolute Gasteiger partial charge is 0.123 e. The Balaban J connectivity index is 3.02. The number of hydrogen-bond acceptors (Lipinski definition) is 1. The summed E-state index contributed by atoms with van der Waals surface area (Å²) in [4.78, 5) is 0. The lowest BCUT2D eigenvalue weighted by Gasteiger charge is -2.16. The second-order valence-corrected chi connectivity index (χ2v) is 4.36. The zero-order valence-electron chi connectivity index (χ0n) is 9.79. The molecular formula is C13H20O. The van der Waals surface area contributed by atoms with Crippen molar-refractivity contribution in [1.82, 2.24) is 0 Å². The van der Waals surface area contributed by atoms with Crippen molar-refractivity contribution in [2.45, 2.75) is 46.6 Å². The molecule has 1 nitrogen and oxygen atoms in total. The highest BCUT2D eigenvalue weighted by Gasteiger charge is 2.08. The van der Waals surface area contributed by atoms with Gasteiger partial charge >= 0.3 is 0 Å². The van der Waals surface area contributed by atoms with E-state index in [0.29, 0.717) is 5.92 Å². The van der Waals surface area contributed by atoms with Crippen molar-refractivity contribution in [3.05, 3.63) is 29.3 Å². The first kappa shape index (κ1) is 11.1. The van der Waals surface area contributed by atoms with Crippen LogP contribution in [0.2, 0.25) is 0 Å².